The third kappa shape index (κ3) is 7.27. The maximum atomic E-state index is 10.3. The third-order valence-corrected chi connectivity index (χ3v) is 1.57. The number of amides is 1. The van der Waals surface area contributed by atoms with E-state index in [4.69, 9.17) is 9.84 Å². The summed E-state index contributed by atoms with van der Waals surface area (Å²) in [4.78, 5) is 19.5. The molecule has 1 amide bonds. The van der Waals surface area contributed by atoms with Crippen LogP contribution in [0.3, 0.4) is 0 Å². The molecule has 0 radical (unpaired) electrons. The summed E-state index contributed by atoms with van der Waals surface area (Å²) in [6.45, 7) is 2.52. The van der Waals surface area contributed by atoms with Crippen LogP contribution in [0.25, 0.3) is 0 Å². The van der Waals surface area contributed by atoms with E-state index >= 15 is 0 Å². The van der Waals surface area contributed by atoms with Crippen molar-refractivity contribution < 1.29 is 19.4 Å². The van der Waals surface area contributed by atoms with Crippen molar-refractivity contribution in [2.75, 3.05) is 13.2 Å². The molecule has 5 heteroatoms. The average Bonchev–Trinajstić information content (AvgIpc) is 2.05. The second-order valence-corrected chi connectivity index (χ2v) is 2.84. The summed E-state index contributed by atoms with van der Waals surface area (Å²) in [5.41, 5.74) is 4.47. The van der Waals surface area contributed by atoms with Gasteiger partial charge in [-0.1, -0.05) is 0 Å². The molecule has 13 heavy (non-hydrogen) atoms. The first-order chi connectivity index (χ1) is 6.04. The van der Waals surface area contributed by atoms with E-state index in [0.29, 0.717) is 26.1 Å². The molecule has 0 atom stereocenters. The number of carbonyl (C=O) groups is 2. The van der Waals surface area contributed by atoms with Gasteiger partial charge < -0.3 is 15.6 Å². The highest BCUT2D eigenvalue weighted by molar-refractivity contribution is 5.70. The Morgan fingerprint density at radius 3 is 2.00 bits per heavy atom. The summed E-state index contributed by atoms with van der Waals surface area (Å²) in [5.74, 6) is -1.17. The fourth-order valence-electron chi connectivity index (χ4n) is 0.945. The quantitative estimate of drug-likeness (QED) is 0.607. The first-order valence-corrected chi connectivity index (χ1v) is 4.10. The zero-order chi connectivity index (χ0) is 10.3. The number of primary amides is 1. The second kappa shape index (κ2) is 6.42. The Bertz CT molecular complexity index is 171. The highest BCUT2D eigenvalue weighted by Gasteiger charge is 2.19. The highest BCUT2D eigenvalue weighted by Crippen LogP contribution is 2.13. The van der Waals surface area contributed by atoms with Crippen LogP contribution in [0, 0.1) is 5.92 Å². The van der Waals surface area contributed by atoms with E-state index in [0.717, 1.165) is 0 Å². The number of carboxylic acid groups (broad SMARTS) is 1. The largest absolute Gasteiger partial charge is 0.481 e. The highest BCUT2D eigenvalue weighted by atomic mass is 16.5. The molecule has 1 saturated heterocycles. The van der Waals surface area contributed by atoms with Gasteiger partial charge in [0.2, 0.25) is 5.91 Å². The smallest absolute Gasteiger partial charge is 0.306 e. The predicted molar refractivity (Wildman–Crippen MR) is 46.0 cm³/mol. The van der Waals surface area contributed by atoms with E-state index in [-0.39, 0.29) is 11.8 Å². The number of carboxylic acids is 1. The first-order valence-electron chi connectivity index (χ1n) is 4.10. The summed E-state index contributed by atoms with van der Waals surface area (Å²) in [7, 11) is 0. The summed E-state index contributed by atoms with van der Waals surface area (Å²) in [6.07, 6.45) is 1.35. The molecule has 0 spiro atoms. The minimum absolute atomic E-state index is 0.154. The average molecular weight is 189 g/mol. The van der Waals surface area contributed by atoms with Crippen molar-refractivity contribution in [3.05, 3.63) is 0 Å². The van der Waals surface area contributed by atoms with Crippen molar-refractivity contribution in [2.45, 2.75) is 19.8 Å². The second-order valence-electron chi connectivity index (χ2n) is 2.84. The Kier molecular flexibility index (Phi) is 5.88. The van der Waals surface area contributed by atoms with Gasteiger partial charge in [-0.05, 0) is 12.8 Å². The SMILES string of the molecule is CC(N)=O.O=C(O)C1CCOCC1. The van der Waals surface area contributed by atoms with Gasteiger partial charge in [-0.3, -0.25) is 9.59 Å². The molecule has 0 aromatic carbocycles. The molecule has 0 unspecified atom stereocenters. The number of hydrogen-bond acceptors (Lipinski definition) is 3. The minimum Gasteiger partial charge on any atom is -0.481 e. The molecule has 1 fully saturated rings. The Morgan fingerprint density at radius 1 is 1.38 bits per heavy atom. The van der Waals surface area contributed by atoms with E-state index in [9.17, 15) is 9.59 Å². The van der Waals surface area contributed by atoms with Gasteiger partial charge in [0.1, 0.15) is 0 Å². The summed E-state index contributed by atoms with van der Waals surface area (Å²) >= 11 is 0. The van der Waals surface area contributed by atoms with Crippen molar-refractivity contribution >= 4 is 11.9 Å². The number of carbonyl (C=O) groups excluding carboxylic acids is 1. The molecule has 1 aliphatic rings. The summed E-state index contributed by atoms with van der Waals surface area (Å²) in [6, 6.07) is 0. The van der Waals surface area contributed by atoms with Crippen molar-refractivity contribution in [3.8, 4) is 0 Å². The van der Waals surface area contributed by atoms with Crippen LogP contribution in [0.4, 0.5) is 0 Å². The molecule has 0 aromatic heterocycles. The van der Waals surface area contributed by atoms with Crippen LogP contribution in [0.2, 0.25) is 0 Å². The van der Waals surface area contributed by atoms with Crippen LogP contribution >= 0.6 is 0 Å². The molecule has 1 heterocycles. The van der Waals surface area contributed by atoms with Crippen molar-refractivity contribution in [1.29, 1.82) is 0 Å². The normalized spacial score (nSPS) is 17.0. The predicted octanol–water partition coefficient (Wildman–Crippen LogP) is -0.0108. The van der Waals surface area contributed by atoms with Gasteiger partial charge in [0, 0.05) is 20.1 Å². The molecule has 0 bridgehead atoms. The standard InChI is InChI=1S/C6H10O3.C2H5NO/c7-6(8)5-1-3-9-4-2-5;1-2(3)4/h5H,1-4H2,(H,7,8);1H3,(H2,3,4). The zero-order valence-corrected chi connectivity index (χ0v) is 7.66. The summed E-state index contributed by atoms with van der Waals surface area (Å²) < 4.78 is 4.99. The number of aliphatic carboxylic acids is 1. The zero-order valence-electron chi connectivity index (χ0n) is 7.66. The maximum absolute atomic E-state index is 10.3. The van der Waals surface area contributed by atoms with Crippen LogP contribution in [-0.4, -0.2) is 30.2 Å². The lowest BCUT2D eigenvalue weighted by atomic mass is 10.0. The molecular weight excluding hydrogens is 174 g/mol. The van der Waals surface area contributed by atoms with Crippen LogP contribution < -0.4 is 5.73 Å². The molecule has 76 valence electrons. The van der Waals surface area contributed by atoms with E-state index in [1.165, 1.54) is 6.92 Å². The molecular formula is C8H15NO4. The van der Waals surface area contributed by atoms with E-state index < -0.39 is 5.97 Å². The molecule has 0 aliphatic carbocycles. The van der Waals surface area contributed by atoms with E-state index in [1.807, 2.05) is 0 Å². The van der Waals surface area contributed by atoms with Gasteiger partial charge in [-0.25, -0.2) is 0 Å². The fraction of sp³-hybridized carbons (Fsp3) is 0.750. The van der Waals surface area contributed by atoms with Gasteiger partial charge >= 0.3 is 5.97 Å². The third-order valence-electron chi connectivity index (χ3n) is 1.57. The summed E-state index contributed by atoms with van der Waals surface area (Å²) in [5, 5.41) is 8.48. The van der Waals surface area contributed by atoms with Gasteiger partial charge in [0.15, 0.2) is 0 Å². The lowest BCUT2D eigenvalue weighted by Crippen LogP contribution is -2.22. The van der Waals surface area contributed by atoms with Gasteiger partial charge in [0.05, 0.1) is 5.92 Å². The maximum Gasteiger partial charge on any atom is 0.306 e. The monoisotopic (exact) mass is 189 g/mol. The van der Waals surface area contributed by atoms with E-state index in [1.54, 1.807) is 0 Å². The number of rotatable bonds is 1. The van der Waals surface area contributed by atoms with Crippen LogP contribution in [-0.2, 0) is 14.3 Å². The van der Waals surface area contributed by atoms with Crippen molar-refractivity contribution in [1.82, 2.24) is 0 Å². The van der Waals surface area contributed by atoms with Crippen molar-refractivity contribution in [2.24, 2.45) is 11.7 Å². The number of nitrogens with two attached hydrogens (primary N) is 1. The lowest BCUT2D eigenvalue weighted by Gasteiger charge is -2.17. The number of ether oxygens (including phenoxy) is 1. The molecule has 1 aliphatic heterocycles. The Balaban J connectivity index is 0.000000310. The topological polar surface area (TPSA) is 89.6 Å². The van der Waals surface area contributed by atoms with Gasteiger partial charge in [-0.2, -0.15) is 0 Å². The van der Waals surface area contributed by atoms with Gasteiger partial charge in [0.25, 0.3) is 0 Å². The Morgan fingerprint density at radius 2 is 1.77 bits per heavy atom. The first kappa shape index (κ1) is 11.9. The lowest BCUT2D eigenvalue weighted by molar-refractivity contribution is -0.144. The Labute approximate surface area is 76.9 Å². The van der Waals surface area contributed by atoms with E-state index in [2.05, 4.69) is 5.73 Å². The number of hydrogen-bond donors (Lipinski definition) is 2. The fourth-order valence-corrected chi connectivity index (χ4v) is 0.945. The Hall–Kier alpha value is -1.10. The van der Waals surface area contributed by atoms with Crippen molar-refractivity contribution in [3.63, 3.8) is 0 Å². The molecule has 5 nitrogen and oxygen atoms in total. The van der Waals surface area contributed by atoms with Gasteiger partial charge in [-0.15, -0.1) is 0 Å². The minimum atomic E-state index is -0.682. The molecule has 0 saturated carbocycles. The van der Waals surface area contributed by atoms with Crippen LogP contribution in [0.15, 0.2) is 0 Å². The van der Waals surface area contributed by atoms with Crippen LogP contribution in [0.1, 0.15) is 19.8 Å². The molecule has 3 N–H and O–H groups in total. The molecule has 1 rings (SSSR count). The van der Waals surface area contributed by atoms with Crippen LogP contribution in [0.5, 0.6) is 0 Å². The molecule has 0 aromatic rings.